The number of aryl methyl sites for hydroxylation is 1. The van der Waals surface area contributed by atoms with E-state index in [0.29, 0.717) is 38.5 Å². The van der Waals surface area contributed by atoms with E-state index >= 15 is 0 Å². The molecule has 0 unspecified atom stereocenters. The van der Waals surface area contributed by atoms with Crippen LogP contribution in [-0.4, -0.2) is 89.1 Å². The van der Waals surface area contributed by atoms with Gasteiger partial charge in [0, 0.05) is 23.3 Å². The molecule has 19 heteroatoms. The molecule has 5 atom stereocenters. The highest BCUT2D eigenvalue weighted by Crippen LogP contribution is 2.49. The van der Waals surface area contributed by atoms with Crippen molar-refractivity contribution in [2.75, 3.05) is 13.4 Å². The smallest absolute Gasteiger partial charge is 0.437 e. The standard InChI is InChI=1S/C41H49F4N5O9S/c1-37(2,3)59-36(54)47-29-11-9-7-5-6-8-10-24-14-17-40(24,35(53)49-60(55,56)38(4)18-19-38)48-33(51)30-21-39(22-50(30)34(29)52)16-15-26-27-20-25(57-23-42)12-13-28(27)46-32(31(26)58-39)41(43,44)45/h8,10,12-14,17,20,24,29-30H,5-7,9,11,15-16,18-19,21-23H2,1-4H3,(H,47,54)(H,48,51)(H,49,53)/b10-8-/t24-,29+,30+,39-,40-/m1/s1. The van der Waals surface area contributed by atoms with Crippen LogP contribution >= 0.6 is 0 Å². The third-order valence-electron chi connectivity index (χ3n) is 12.0. The number of sulfonamides is 1. The van der Waals surface area contributed by atoms with Gasteiger partial charge in [-0.2, -0.15) is 13.2 Å². The topological polar surface area (TPSA) is 182 Å². The van der Waals surface area contributed by atoms with Gasteiger partial charge >= 0.3 is 12.3 Å². The van der Waals surface area contributed by atoms with Gasteiger partial charge in [-0.15, -0.1) is 0 Å². The van der Waals surface area contributed by atoms with E-state index in [9.17, 15) is 45.2 Å². The van der Waals surface area contributed by atoms with Crippen LogP contribution in [0.5, 0.6) is 11.5 Å². The summed E-state index contributed by atoms with van der Waals surface area (Å²) in [5.41, 5.74) is -5.68. The first-order chi connectivity index (χ1) is 28.1. The molecule has 1 spiro atoms. The molecule has 4 heterocycles. The molecule has 1 aromatic heterocycles. The third-order valence-corrected chi connectivity index (χ3v) is 14.1. The first kappa shape index (κ1) is 43.2. The number of benzene rings is 1. The van der Waals surface area contributed by atoms with Gasteiger partial charge in [-0.3, -0.25) is 19.1 Å². The number of halogens is 4. The lowest BCUT2D eigenvalue weighted by Gasteiger charge is -2.42. The highest BCUT2D eigenvalue weighted by atomic mass is 32.2. The maximum atomic E-state index is 14.8. The maximum Gasteiger partial charge on any atom is 0.437 e. The fourth-order valence-corrected chi connectivity index (χ4v) is 9.61. The van der Waals surface area contributed by atoms with Gasteiger partial charge < -0.3 is 29.7 Å². The Balaban J connectivity index is 1.29. The fraction of sp³-hybridized carbons (Fsp3) is 0.585. The molecule has 1 aromatic carbocycles. The zero-order chi connectivity index (χ0) is 43.5. The molecule has 5 aliphatic rings. The van der Waals surface area contributed by atoms with Gasteiger partial charge in [-0.25, -0.2) is 22.6 Å². The van der Waals surface area contributed by atoms with Crippen molar-refractivity contribution in [3.63, 3.8) is 0 Å². The van der Waals surface area contributed by atoms with E-state index in [1.54, 1.807) is 32.9 Å². The summed E-state index contributed by atoms with van der Waals surface area (Å²) < 4.78 is 102. The molecular formula is C41H49F4N5O9S. The summed E-state index contributed by atoms with van der Waals surface area (Å²) in [6.07, 6.45) is 3.40. The van der Waals surface area contributed by atoms with Crippen LogP contribution in [0.4, 0.5) is 22.4 Å². The van der Waals surface area contributed by atoms with E-state index in [0.717, 1.165) is 4.90 Å². The average Bonchev–Trinajstić information content (AvgIpc) is 3.82. The van der Waals surface area contributed by atoms with E-state index in [2.05, 4.69) is 20.3 Å². The van der Waals surface area contributed by atoms with Gasteiger partial charge in [0.25, 0.3) is 5.91 Å². The normalized spacial score (nSPS) is 28.4. The zero-order valence-electron chi connectivity index (χ0n) is 33.7. The van der Waals surface area contributed by atoms with Crippen molar-refractivity contribution in [3.8, 4) is 11.5 Å². The molecular weight excluding hydrogens is 815 g/mol. The first-order valence-corrected chi connectivity index (χ1v) is 21.5. The number of pyridine rings is 1. The summed E-state index contributed by atoms with van der Waals surface area (Å²) in [5.74, 6) is -3.97. The quantitative estimate of drug-likeness (QED) is 0.242. The lowest BCUT2D eigenvalue weighted by Crippen LogP contribution is -2.67. The molecule has 2 aromatic rings. The maximum absolute atomic E-state index is 14.8. The average molecular weight is 864 g/mol. The van der Waals surface area contributed by atoms with Gasteiger partial charge in [-0.05, 0) is 90.8 Å². The van der Waals surface area contributed by atoms with E-state index in [1.165, 1.54) is 31.2 Å². The van der Waals surface area contributed by atoms with E-state index in [1.807, 2.05) is 6.08 Å². The molecule has 14 nitrogen and oxygen atoms in total. The molecule has 1 saturated heterocycles. The summed E-state index contributed by atoms with van der Waals surface area (Å²) in [7, 11) is -4.16. The van der Waals surface area contributed by atoms with Crippen LogP contribution in [0.3, 0.4) is 0 Å². The van der Waals surface area contributed by atoms with Crippen molar-refractivity contribution >= 4 is 44.7 Å². The van der Waals surface area contributed by atoms with Crippen molar-refractivity contribution in [2.45, 2.75) is 132 Å². The van der Waals surface area contributed by atoms with Crippen LogP contribution in [0.1, 0.15) is 96.7 Å². The zero-order valence-corrected chi connectivity index (χ0v) is 34.6. The number of carbonyl (C=O) groups is 4. The molecule has 60 heavy (non-hydrogen) atoms. The van der Waals surface area contributed by atoms with Crippen molar-refractivity contribution < 1.29 is 59.4 Å². The summed E-state index contributed by atoms with van der Waals surface area (Å²) in [4.78, 5) is 61.8. The fourth-order valence-electron chi connectivity index (χ4n) is 8.31. The molecule has 3 aliphatic heterocycles. The summed E-state index contributed by atoms with van der Waals surface area (Å²) in [6, 6.07) is 1.25. The number of carbonyl (C=O) groups excluding carboxylic acids is 4. The van der Waals surface area contributed by atoms with Crippen molar-refractivity contribution in [3.05, 3.63) is 53.8 Å². The number of aromatic nitrogens is 1. The van der Waals surface area contributed by atoms with Crippen molar-refractivity contribution in [2.24, 2.45) is 5.92 Å². The highest BCUT2D eigenvalue weighted by molar-refractivity contribution is 7.91. The number of hydrogen-bond donors (Lipinski definition) is 3. The Kier molecular flexibility index (Phi) is 11.2. The molecule has 326 valence electrons. The molecule has 0 bridgehead atoms. The Labute approximate surface area is 344 Å². The van der Waals surface area contributed by atoms with Crippen LogP contribution < -0.4 is 24.8 Å². The lowest BCUT2D eigenvalue weighted by molar-refractivity contribution is -0.144. The molecule has 2 aliphatic carbocycles. The minimum atomic E-state index is -5.00. The molecule has 2 fully saturated rings. The molecule has 7 rings (SSSR count). The largest absolute Gasteiger partial charge is 0.483 e. The Morgan fingerprint density at radius 2 is 1.83 bits per heavy atom. The molecule has 4 amide bonds. The second-order valence-electron chi connectivity index (χ2n) is 17.6. The third kappa shape index (κ3) is 8.37. The summed E-state index contributed by atoms with van der Waals surface area (Å²) in [6.45, 7) is 4.87. The van der Waals surface area contributed by atoms with E-state index < -0.39 is 104 Å². The van der Waals surface area contributed by atoms with Gasteiger partial charge in [-0.1, -0.05) is 37.1 Å². The SMILES string of the molecule is CC(C)(C)OC(=O)N[C@H]1CCCCC/C=C\[C@@H]2C=C[C@@]2(C(=O)NS(=O)(=O)C2(C)CC2)NC(=O)[C@@H]2C[C@]3(CCc4c(c(C(F)(F)F)nc5ccc(OCF)cc45)O3)CN2C1=O. The highest BCUT2D eigenvalue weighted by Gasteiger charge is 2.58. The van der Waals surface area contributed by atoms with Crippen LogP contribution in [0.15, 0.2) is 42.5 Å². The van der Waals surface area contributed by atoms with Crippen molar-refractivity contribution in [1.29, 1.82) is 0 Å². The number of rotatable bonds is 6. The number of alkyl carbamates (subject to hydrolysis) is 1. The van der Waals surface area contributed by atoms with Gasteiger partial charge in [0.15, 0.2) is 11.4 Å². The second kappa shape index (κ2) is 15.5. The molecule has 0 radical (unpaired) electrons. The van der Waals surface area contributed by atoms with Crippen molar-refractivity contribution in [1.82, 2.24) is 25.2 Å². The number of amides is 4. The van der Waals surface area contributed by atoms with Gasteiger partial charge in [0.2, 0.25) is 28.7 Å². The summed E-state index contributed by atoms with van der Waals surface area (Å²) >= 11 is 0. The summed E-state index contributed by atoms with van der Waals surface area (Å²) in [5, 5.41) is 5.61. The minimum Gasteiger partial charge on any atom is -0.483 e. The number of fused-ring (bicyclic) bond motifs is 5. The Bertz CT molecular complexity index is 2260. The number of hydrogen-bond acceptors (Lipinski definition) is 10. The molecule has 1 saturated carbocycles. The second-order valence-corrected chi connectivity index (χ2v) is 19.8. The number of nitrogens with one attached hydrogen (secondary N) is 3. The van der Waals surface area contributed by atoms with Gasteiger partial charge in [0.05, 0.1) is 16.8 Å². The number of ether oxygens (including phenoxy) is 3. The van der Waals surface area contributed by atoms with Gasteiger partial charge in [0.1, 0.15) is 34.6 Å². The Morgan fingerprint density at radius 3 is 2.48 bits per heavy atom. The van der Waals surface area contributed by atoms with Crippen LogP contribution in [0, 0.1) is 5.92 Å². The first-order valence-electron chi connectivity index (χ1n) is 20.1. The predicted molar refractivity (Wildman–Crippen MR) is 209 cm³/mol. The van der Waals surface area contributed by atoms with E-state index in [4.69, 9.17) is 14.2 Å². The van der Waals surface area contributed by atoms with Crippen LogP contribution in [0.25, 0.3) is 10.9 Å². The number of allylic oxidation sites excluding steroid dienone is 1. The Hall–Kier alpha value is -4.94. The Morgan fingerprint density at radius 1 is 1.08 bits per heavy atom. The minimum absolute atomic E-state index is 0.00997. The molecule has 3 N–H and O–H groups in total. The predicted octanol–water partition coefficient (Wildman–Crippen LogP) is 5.68. The number of alkyl halides is 4. The lowest BCUT2D eigenvalue weighted by atomic mass is 9.73. The van der Waals surface area contributed by atoms with E-state index in [-0.39, 0.29) is 47.9 Å². The van der Waals surface area contributed by atoms with Crippen LogP contribution in [-0.2, 0) is 41.7 Å². The van der Waals surface area contributed by atoms with Crippen LogP contribution in [0.2, 0.25) is 0 Å². The number of nitrogens with zero attached hydrogens (tertiary/aromatic N) is 2. The monoisotopic (exact) mass is 863 g/mol.